The van der Waals surface area contributed by atoms with Crippen molar-refractivity contribution in [2.75, 3.05) is 32.0 Å². The molecule has 0 aliphatic carbocycles. The molecule has 2 heterocycles. The number of halogens is 1. The van der Waals surface area contributed by atoms with Crippen LogP contribution in [-0.2, 0) is 4.79 Å². The van der Waals surface area contributed by atoms with Gasteiger partial charge in [0.15, 0.2) is 0 Å². The van der Waals surface area contributed by atoms with Gasteiger partial charge in [0.2, 0.25) is 5.95 Å². The molecule has 0 saturated carbocycles. The second-order valence-electron chi connectivity index (χ2n) is 8.26. The molecule has 0 fully saturated rings. The lowest BCUT2D eigenvalue weighted by atomic mass is 9.97. The molecular formula is C27H25ClN4O4. The van der Waals surface area contributed by atoms with Gasteiger partial charge in [-0.3, -0.25) is 9.36 Å². The summed E-state index contributed by atoms with van der Waals surface area (Å²) in [6.07, 6.45) is 0. The molecule has 1 aromatic heterocycles. The molecule has 4 aromatic rings. The van der Waals surface area contributed by atoms with E-state index >= 15 is 0 Å². The van der Waals surface area contributed by atoms with Crippen LogP contribution in [0.1, 0.15) is 12.5 Å². The predicted molar refractivity (Wildman–Crippen MR) is 141 cm³/mol. The van der Waals surface area contributed by atoms with Crippen LogP contribution >= 0.6 is 11.6 Å². The molecule has 0 radical (unpaired) electrons. The number of amides is 1. The van der Waals surface area contributed by atoms with Crippen molar-refractivity contribution in [3.8, 4) is 17.2 Å². The number of hydrogen-bond donors (Lipinski definition) is 2. The van der Waals surface area contributed by atoms with Gasteiger partial charge < -0.3 is 24.8 Å². The summed E-state index contributed by atoms with van der Waals surface area (Å²) in [7, 11) is 4.65. The van der Waals surface area contributed by atoms with Gasteiger partial charge in [0.05, 0.1) is 60.4 Å². The van der Waals surface area contributed by atoms with Gasteiger partial charge in [-0.25, -0.2) is 4.98 Å². The standard InChI is InChI=1S/C27H25ClN4O4/c1-15-24(26(33)30-20-14-22(35-3)18(28)13-23(20)36-4)25(16-8-7-9-17(12-16)34-2)32-21-11-6-5-10-19(21)31-27(32)29-15/h5-15H,1-4H3,(H,29,31)(H,30,33)/t15-/m0/s1. The van der Waals surface area contributed by atoms with Gasteiger partial charge in [-0.1, -0.05) is 35.9 Å². The Morgan fingerprint density at radius 1 is 1.00 bits per heavy atom. The number of anilines is 2. The highest BCUT2D eigenvalue weighted by atomic mass is 35.5. The maximum Gasteiger partial charge on any atom is 0.255 e. The SMILES string of the molecule is COc1cccc(C2=C(C(=O)Nc3cc(OC)c(Cl)cc3OC)[C@H](C)Nc3nc4ccccc4n32)c1. The third-order valence-corrected chi connectivity index (χ3v) is 6.42. The first-order chi connectivity index (χ1) is 17.4. The summed E-state index contributed by atoms with van der Waals surface area (Å²) >= 11 is 6.26. The summed E-state index contributed by atoms with van der Waals surface area (Å²) in [5.74, 6) is 1.87. The van der Waals surface area contributed by atoms with Gasteiger partial charge >= 0.3 is 0 Å². The number of hydrogen-bond acceptors (Lipinski definition) is 6. The maximum absolute atomic E-state index is 13.9. The number of aromatic nitrogens is 2. The van der Waals surface area contributed by atoms with Crippen LogP contribution in [0.4, 0.5) is 11.6 Å². The van der Waals surface area contributed by atoms with Crippen molar-refractivity contribution in [2.24, 2.45) is 0 Å². The van der Waals surface area contributed by atoms with E-state index in [2.05, 4.69) is 10.6 Å². The largest absolute Gasteiger partial charge is 0.497 e. The summed E-state index contributed by atoms with van der Waals surface area (Å²) in [6.45, 7) is 1.93. The maximum atomic E-state index is 13.9. The van der Waals surface area contributed by atoms with E-state index in [-0.39, 0.29) is 11.9 Å². The second-order valence-corrected chi connectivity index (χ2v) is 8.67. The molecule has 9 heteroatoms. The normalized spacial score (nSPS) is 14.8. The molecule has 36 heavy (non-hydrogen) atoms. The number of para-hydroxylation sites is 2. The van der Waals surface area contributed by atoms with Crippen LogP contribution in [0.3, 0.4) is 0 Å². The van der Waals surface area contributed by atoms with E-state index in [0.29, 0.717) is 45.2 Å². The fourth-order valence-corrected chi connectivity index (χ4v) is 4.68. The molecule has 0 unspecified atom stereocenters. The minimum Gasteiger partial charge on any atom is -0.497 e. The van der Waals surface area contributed by atoms with E-state index < -0.39 is 0 Å². The van der Waals surface area contributed by atoms with E-state index in [9.17, 15) is 4.79 Å². The second kappa shape index (κ2) is 9.47. The van der Waals surface area contributed by atoms with Crippen LogP contribution in [0.5, 0.6) is 17.2 Å². The number of nitrogens with zero attached hydrogens (tertiary/aromatic N) is 2. The monoisotopic (exact) mass is 504 g/mol. The Bertz CT molecular complexity index is 1510. The van der Waals surface area contributed by atoms with E-state index in [0.717, 1.165) is 16.6 Å². The Kier molecular flexibility index (Phi) is 6.20. The molecule has 0 bridgehead atoms. The molecule has 0 saturated heterocycles. The third-order valence-electron chi connectivity index (χ3n) is 6.13. The number of carbonyl (C=O) groups excluding carboxylic acids is 1. The fraction of sp³-hybridized carbons (Fsp3) is 0.185. The van der Waals surface area contributed by atoms with Crippen LogP contribution in [0, 0.1) is 0 Å². The number of fused-ring (bicyclic) bond motifs is 3. The van der Waals surface area contributed by atoms with Crippen LogP contribution in [0.15, 0.2) is 66.2 Å². The molecular weight excluding hydrogens is 480 g/mol. The lowest BCUT2D eigenvalue weighted by Gasteiger charge is -2.29. The first kappa shape index (κ1) is 23.6. The number of nitrogens with one attached hydrogen (secondary N) is 2. The van der Waals surface area contributed by atoms with Crippen LogP contribution in [0.2, 0.25) is 5.02 Å². The molecule has 8 nitrogen and oxygen atoms in total. The Labute approximate surface area is 213 Å². The lowest BCUT2D eigenvalue weighted by molar-refractivity contribution is -0.113. The highest BCUT2D eigenvalue weighted by Crippen LogP contribution is 2.39. The summed E-state index contributed by atoms with van der Waals surface area (Å²) < 4.78 is 18.3. The van der Waals surface area contributed by atoms with Gasteiger partial charge in [0.25, 0.3) is 5.91 Å². The predicted octanol–water partition coefficient (Wildman–Crippen LogP) is 5.43. The number of benzene rings is 3. The number of carbonyl (C=O) groups is 1. The number of rotatable bonds is 6. The lowest BCUT2D eigenvalue weighted by Crippen LogP contribution is -2.34. The first-order valence-electron chi connectivity index (χ1n) is 11.3. The first-order valence-corrected chi connectivity index (χ1v) is 11.7. The van der Waals surface area contributed by atoms with E-state index in [1.807, 2.05) is 60.0 Å². The van der Waals surface area contributed by atoms with Crippen LogP contribution in [0.25, 0.3) is 16.7 Å². The van der Waals surface area contributed by atoms with Gasteiger partial charge in [0.1, 0.15) is 17.2 Å². The van der Waals surface area contributed by atoms with Gasteiger partial charge in [-0.05, 0) is 31.2 Å². The highest BCUT2D eigenvalue weighted by Gasteiger charge is 2.32. The van der Waals surface area contributed by atoms with Crippen molar-refractivity contribution in [1.82, 2.24) is 9.55 Å². The van der Waals surface area contributed by atoms with Crippen molar-refractivity contribution in [3.05, 3.63) is 76.8 Å². The Morgan fingerprint density at radius 2 is 1.78 bits per heavy atom. The smallest absolute Gasteiger partial charge is 0.255 e. The van der Waals surface area contributed by atoms with Crippen molar-refractivity contribution < 1.29 is 19.0 Å². The summed E-state index contributed by atoms with van der Waals surface area (Å²) in [5, 5.41) is 6.76. The zero-order valence-corrected chi connectivity index (χ0v) is 21.0. The van der Waals surface area contributed by atoms with Crippen molar-refractivity contribution in [2.45, 2.75) is 13.0 Å². The molecule has 1 atom stereocenters. The average molecular weight is 505 g/mol. The molecule has 2 N–H and O–H groups in total. The molecule has 184 valence electrons. The topological polar surface area (TPSA) is 86.6 Å². The molecule has 5 rings (SSSR count). The highest BCUT2D eigenvalue weighted by molar-refractivity contribution is 6.32. The van der Waals surface area contributed by atoms with E-state index in [1.54, 1.807) is 19.2 Å². The molecule has 0 spiro atoms. The minimum atomic E-state index is -0.351. The Hall–Kier alpha value is -4.17. The molecule has 1 aliphatic heterocycles. The Morgan fingerprint density at radius 3 is 2.53 bits per heavy atom. The van der Waals surface area contributed by atoms with Gasteiger partial charge in [-0.2, -0.15) is 0 Å². The van der Waals surface area contributed by atoms with Crippen molar-refractivity contribution in [1.29, 1.82) is 0 Å². The fourth-order valence-electron chi connectivity index (χ4n) is 4.45. The third kappa shape index (κ3) is 3.99. The van der Waals surface area contributed by atoms with Crippen LogP contribution < -0.4 is 24.8 Å². The minimum absolute atomic E-state index is 0.307. The summed E-state index contributed by atoms with van der Waals surface area (Å²) in [4.78, 5) is 18.7. The molecule has 1 amide bonds. The van der Waals surface area contributed by atoms with Crippen molar-refractivity contribution >= 4 is 45.9 Å². The zero-order valence-electron chi connectivity index (χ0n) is 20.3. The number of methoxy groups -OCH3 is 3. The van der Waals surface area contributed by atoms with E-state index in [4.69, 9.17) is 30.8 Å². The van der Waals surface area contributed by atoms with Gasteiger partial charge in [0, 0.05) is 17.7 Å². The summed E-state index contributed by atoms with van der Waals surface area (Å²) in [6, 6.07) is 18.3. The zero-order chi connectivity index (χ0) is 25.4. The molecule has 3 aromatic carbocycles. The van der Waals surface area contributed by atoms with E-state index in [1.165, 1.54) is 14.2 Å². The average Bonchev–Trinajstić information content (AvgIpc) is 3.26. The summed E-state index contributed by atoms with van der Waals surface area (Å²) in [5.41, 5.74) is 4.18. The van der Waals surface area contributed by atoms with Gasteiger partial charge in [-0.15, -0.1) is 0 Å². The quantitative estimate of drug-likeness (QED) is 0.364. The van der Waals surface area contributed by atoms with Crippen molar-refractivity contribution in [3.63, 3.8) is 0 Å². The number of ether oxygens (including phenoxy) is 3. The molecule has 1 aliphatic rings. The number of imidazole rings is 1. The Balaban J connectivity index is 1.72. The van der Waals surface area contributed by atoms with Crippen LogP contribution in [-0.4, -0.2) is 42.8 Å².